The van der Waals surface area contributed by atoms with E-state index in [0.717, 1.165) is 35.4 Å². The molecule has 1 N–H and O–H groups in total. The van der Waals surface area contributed by atoms with Gasteiger partial charge in [0.25, 0.3) is 0 Å². The molecule has 0 bridgehead atoms. The molecule has 0 aliphatic heterocycles. The third-order valence-electron chi connectivity index (χ3n) is 2.83. The van der Waals surface area contributed by atoms with Crippen LogP contribution in [0.3, 0.4) is 0 Å². The minimum absolute atomic E-state index is 0.786. The number of nitrogens with zero attached hydrogens (tertiary/aromatic N) is 1. The highest BCUT2D eigenvalue weighted by atomic mass is 16.3. The monoisotopic (exact) mass is 233 g/mol. The molecule has 0 aromatic heterocycles. The molecule has 1 rings (SSSR count). The van der Waals surface area contributed by atoms with E-state index in [1.54, 1.807) is 13.8 Å². The van der Waals surface area contributed by atoms with Gasteiger partial charge in [0.2, 0.25) is 0 Å². The van der Waals surface area contributed by atoms with Gasteiger partial charge in [-0.3, -0.25) is 4.99 Å². The predicted molar refractivity (Wildman–Crippen MR) is 74.1 cm³/mol. The lowest BCUT2D eigenvalue weighted by molar-refractivity contribution is 0.0785. The number of aliphatic hydroxyl groups is 1. The van der Waals surface area contributed by atoms with Crippen molar-refractivity contribution < 1.29 is 5.11 Å². The smallest absolute Gasteiger partial charge is 0.0840 e. The first-order chi connectivity index (χ1) is 7.84. The van der Waals surface area contributed by atoms with Crippen LogP contribution in [0.2, 0.25) is 0 Å². The average Bonchev–Trinajstić information content (AvgIpc) is 2.20. The zero-order chi connectivity index (χ0) is 13.1. The van der Waals surface area contributed by atoms with Crippen molar-refractivity contribution in [1.82, 2.24) is 0 Å². The second kappa shape index (κ2) is 5.46. The SMILES string of the molecule is CCCC(C)=Nc1ccc(C(C)(C)O)cc1C. The van der Waals surface area contributed by atoms with Crippen LogP contribution in [0.1, 0.15) is 51.7 Å². The molecule has 0 radical (unpaired) electrons. The van der Waals surface area contributed by atoms with Crippen LogP contribution in [0.4, 0.5) is 5.69 Å². The third kappa shape index (κ3) is 3.97. The van der Waals surface area contributed by atoms with Crippen molar-refractivity contribution >= 4 is 11.4 Å². The van der Waals surface area contributed by atoms with Crippen LogP contribution in [0, 0.1) is 6.92 Å². The van der Waals surface area contributed by atoms with Gasteiger partial charge < -0.3 is 5.11 Å². The standard InChI is InChI=1S/C15H23NO/c1-6-7-12(3)16-14-9-8-13(10-11(14)2)15(4,5)17/h8-10,17H,6-7H2,1-5H3. The summed E-state index contributed by atoms with van der Waals surface area (Å²) in [6, 6.07) is 5.95. The Balaban J connectivity index is 3.02. The molecule has 1 aromatic carbocycles. The van der Waals surface area contributed by atoms with Crippen molar-refractivity contribution in [3.63, 3.8) is 0 Å². The maximum atomic E-state index is 9.93. The summed E-state index contributed by atoms with van der Waals surface area (Å²) in [5.74, 6) is 0. The zero-order valence-electron chi connectivity index (χ0n) is 11.5. The van der Waals surface area contributed by atoms with Gasteiger partial charge in [0.05, 0.1) is 11.3 Å². The van der Waals surface area contributed by atoms with Gasteiger partial charge in [0.15, 0.2) is 0 Å². The van der Waals surface area contributed by atoms with E-state index < -0.39 is 5.60 Å². The van der Waals surface area contributed by atoms with Gasteiger partial charge in [-0.15, -0.1) is 0 Å². The Hall–Kier alpha value is -1.15. The van der Waals surface area contributed by atoms with Crippen molar-refractivity contribution in [2.45, 2.75) is 53.1 Å². The van der Waals surface area contributed by atoms with Gasteiger partial charge in [-0.2, -0.15) is 0 Å². The minimum Gasteiger partial charge on any atom is -0.386 e. The Kier molecular flexibility index (Phi) is 4.47. The third-order valence-corrected chi connectivity index (χ3v) is 2.83. The number of hydrogen-bond acceptors (Lipinski definition) is 2. The van der Waals surface area contributed by atoms with Crippen LogP contribution in [0.25, 0.3) is 0 Å². The maximum Gasteiger partial charge on any atom is 0.0840 e. The van der Waals surface area contributed by atoms with Crippen molar-refractivity contribution in [1.29, 1.82) is 0 Å². The summed E-state index contributed by atoms with van der Waals surface area (Å²) in [4.78, 5) is 4.61. The molecular weight excluding hydrogens is 210 g/mol. The number of aliphatic imine (C=N–C) groups is 1. The Morgan fingerprint density at radius 3 is 2.47 bits per heavy atom. The van der Waals surface area contributed by atoms with E-state index in [9.17, 15) is 5.11 Å². The molecule has 0 spiro atoms. The number of rotatable bonds is 4. The molecule has 1 aromatic rings. The summed E-state index contributed by atoms with van der Waals surface area (Å²) in [6.45, 7) is 9.85. The molecule has 2 heteroatoms. The molecular formula is C15H23NO. The fourth-order valence-electron chi connectivity index (χ4n) is 1.78. The first-order valence-electron chi connectivity index (χ1n) is 6.22. The summed E-state index contributed by atoms with van der Waals surface area (Å²) in [7, 11) is 0. The lowest BCUT2D eigenvalue weighted by Crippen LogP contribution is -2.15. The van der Waals surface area contributed by atoms with Gasteiger partial charge >= 0.3 is 0 Å². The van der Waals surface area contributed by atoms with Crippen LogP contribution in [-0.4, -0.2) is 10.8 Å². The Morgan fingerprint density at radius 2 is 2.00 bits per heavy atom. The van der Waals surface area contributed by atoms with E-state index in [1.165, 1.54) is 0 Å². The largest absolute Gasteiger partial charge is 0.386 e. The summed E-state index contributed by atoms with van der Waals surface area (Å²) in [6.07, 6.45) is 2.16. The molecule has 0 saturated heterocycles. The number of benzene rings is 1. The van der Waals surface area contributed by atoms with Crippen LogP contribution in [-0.2, 0) is 5.60 Å². The highest BCUT2D eigenvalue weighted by Gasteiger charge is 2.16. The van der Waals surface area contributed by atoms with E-state index in [2.05, 4.69) is 18.8 Å². The Bertz CT molecular complexity index is 413. The second-order valence-electron chi connectivity index (χ2n) is 5.16. The molecule has 0 aliphatic rings. The molecule has 94 valence electrons. The van der Waals surface area contributed by atoms with Gasteiger partial charge in [-0.05, 0) is 51.3 Å². The van der Waals surface area contributed by atoms with Crippen molar-refractivity contribution in [2.24, 2.45) is 4.99 Å². The molecule has 0 unspecified atom stereocenters. The number of aryl methyl sites for hydroxylation is 1. The van der Waals surface area contributed by atoms with Crippen LogP contribution in [0.5, 0.6) is 0 Å². The lowest BCUT2D eigenvalue weighted by Gasteiger charge is -2.18. The van der Waals surface area contributed by atoms with Gasteiger partial charge in [0, 0.05) is 5.71 Å². The minimum atomic E-state index is -0.786. The summed E-state index contributed by atoms with van der Waals surface area (Å²) < 4.78 is 0. The average molecular weight is 233 g/mol. The van der Waals surface area contributed by atoms with E-state index >= 15 is 0 Å². The normalized spacial score (nSPS) is 12.9. The molecule has 0 saturated carbocycles. The molecule has 2 nitrogen and oxygen atoms in total. The highest BCUT2D eigenvalue weighted by molar-refractivity contribution is 5.84. The predicted octanol–water partition coefficient (Wildman–Crippen LogP) is 4.11. The molecule has 0 fully saturated rings. The quantitative estimate of drug-likeness (QED) is 0.780. The molecule has 0 atom stereocenters. The Labute approximate surface area is 104 Å². The fourth-order valence-corrected chi connectivity index (χ4v) is 1.78. The van der Waals surface area contributed by atoms with E-state index in [-0.39, 0.29) is 0 Å². The van der Waals surface area contributed by atoms with Gasteiger partial charge in [-0.25, -0.2) is 0 Å². The molecule has 0 heterocycles. The first kappa shape index (κ1) is 13.9. The van der Waals surface area contributed by atoms with Crippen molar-refractivity contribution in [3.8, 4) is 0 Å². The van der Waals surface area contributed by atoms with Crippen LogP contribution in [0.15, 0.2) is 23.2 Å². The van der Waals surface area contributed by atoms with E-state index in [1.807, 2.05) is 25.1 Å². The summed E-state index contributed by atoms with van der Waals surface area (Å²) in [5.41, 5.74) is 3.42. The van der Waals surface area contributed by atoms with Crippen LogP contribution < -0.4 is 0 Å². The molecule has 17 heavy (non-hydrogen) atoms. The van der Waals surface area contributed by atoms with E-state index in [4.69, 9.17) is 0 Å². The topological polar surface area (TPSA) is 32.6 Å². The first-order valence-corrected chi connectivity index (χ1v) is 6.22. The molecule has 0 amide bonds. The highest BCUT2D eigenvalue weighted by Crippen LogP contribution is 2.26. The summed E-state index contributed by atoms with van der Waals surface area (Å²) in [5, 5.41) is 9.93. The fraction of sp³-hybridized carbons (Fsp3) is 0.533. The van der Waals surface area contributed by atoms with Gasteiger partial charge in [-0.1, -0.05) is 25.5 Å². The Morgan fingerprint density at radius 1 is 1.35 bits per heavy atom. The zero-order valence-corrected chi connectivity index (χ0v) is 11.5. The van der Waals surface area contributed by atoms with Crippen LogP contribution >= 0.6 is 0 Å². The molecule has 0 aliphatic carbocycles. The second-order valence-corrected chi connectivity index (χ2v) is 5.16. The van der Waals surface area contributed by atoms with Crippen molar-refractivity contribution in [3.05, 3.63) is 29.3 Å². The lowest BCUT2D eigenvalue weighted by atomic mass is 9.96. The van der Waals surface area contributed by atoms with E-state index in [0.29, 0.717) is 0 Å². The number of hydrogen-bond donors (Lipinski definition) is 1. The summed E-state index contributed by atoms with van der Waals surface area (Å²) >= 11 is 0. The van der Waals surface area contributed by atoms with Gasteiger partial charge in [0.1, 0.15) is 0 Å². The maximum absolute atomic E-state index is 9.93. The van der Waals surface area contributed by atoms with Crippen molar-refractivity contribution in [2.75, 3.05) is 0 Å².